The van der Waals surface area contributed by atoms with Gasteiger partial charge in [-0.3, -0.25) is 0 Å². The Morgan fingerprint density at radius 1 is 0.172 bits per heavy atom. The van der Waals surface area contributed by atoms with Gasteiger partial charge in [-0.2, -0.15) is 19.9 Å². The fourth-order valence-electron chi connectivity index (χ4n) is 11.5. The first-order valence-corrected chi connectivity index (χ1v) is 31.1. The van der Waals surface area contributed by atoms with E-state index in [2.05, 4.69) is 223 Å². The molecule has 12 aromatic carbocycles. The number of benzene rings is 12. The Hall–Kier alpha value is -11.5. The molecule has 0 fully saturated rings. The van der Waals surface area contributed by atoms with Crippen LogP contribution in [-0.2, 0) is 0 Å². The lowest BCUT2D eigenvalue weighted by Crippen LogP contribution is -2.74. The van der Waals surface area contributed by atoms with Crippen LogP contribution >= 0.6 is 0 Å². The smallest absolute Gasteiger partial charge is 0.241 e. The third kappa shape index (κ3) is 11.0. The van der Waals surface area contributed by atoms with Gasteiger partial charge in [-0.05, 0) is 91.5 Å². The standard InChI is InChI=1S/C78H56N8Si/c1-9-25-61(26-10-1)73-79-74(62-27-11-2-12-28-62)82-77(81-73)86(78-83-75(63-29-13-3-14-30-63)80-76(84-78)64-31-15-4-16-32-64)68-51-43-58(44-52-68)60-47-55-72(56-48-60)87(69-37-21-7-22-38-69,70-39-23-8-24-40-70)71-53-45-59(46-54-71)57-41-49-67(50-42-57)85(65-33-17-5-18-34-65)66-35-19-6-20-36-66/h1-56H. The van der Waals surface area contributed by atoms with Crippen LogP contribution in [0.15, 0.2) is 340 Å². The van der Waals surface area contributed by atoms with Crippen molar-refractivity contribution < 1.29 is 0 Å². The van der Waals surface area contributed by atoms with Crippen molar-refractivity contribution in [1.82, 2.24) is 29.9 Å². The van der Waals surface area contributed by atoms with Crippen LogP contribution in [-0.4, -0.2) is 38.0 Å². The van der Waals surface area contributed by atoms with Gasteiger partial charge in [0, 0.05) is 39.3 Å². The number of rotatable bonds is 16. The molecule has 412 valence electrons. The van der Waals surface area contributed by atoms with E-state index in [9.17, 15) is 0 Å². The summed E-state index contributed by atoms with van der Waals surface area (Å²) in [6.45, 7) is 0. The quantitative estimate of drug-likeness (QED) is 0.0699. The van der Waals surface area contributed by atoms with E-state index < -0.39 is 8.07 Å². The zero-order chi connectivity index (χ0) is 58.2. The van der Waals surface area contributed by atoms with Gasteiger partial charge in [0.15, 0.2) is 31.4 Å². The highest BCUT2D eigenvalue weighted by atomic mass is 28.3. The van der Waals surface area contributed by atoms with Crippen molar-refractivity contribution in [3.8, 4) is 67.8 Å². The van der Waals surface area contributed by atoms with Crippen LogP contribution in [0.25, 0.3) is 67.8 Å². The summed E-state index contributed by atoms with van der Waals surface area (Å²) in [5.41, 5.74) is 11.9. The van der Waals surface area contributed by atoms with Gasteiger partial charge in [0.1, 0.15) is 0 Å². The van der Waals surface area contributed by atoms with Crippen LogP contribution in [0.1, 0.15) is 0 Å². The molecule has 0 amide bonds. The monoisotopic (exact) mass is 1130 g/mol. The lowest BCUT2D eigenvalue weighted by molar-refractivity contribution is 0.964. The summed E-state index contributed by atoms with van der Waals surface area (Å²) in [7, 11) is -2.91. The first-order chi connectivity index (χ1) is 43.1. The largest absolute Gasteiger partial charge is 0.311 e. The minimum absolute atomic E-state index is 0.354. The van der Waals surface area contributed by atoms with Crippen molar-refractivity contribution in [2.75, 3.05) is 9.80 Å². The zero-order valence-electron chi connectivity index (χ0n) is 47.4. The van der Waals surface area contributed by atoms with Gasteiger partial charge in [-0.25, -0.2) is 14.9 Å². The van der Waals surface area contributed by atoms with Crippen molar-refractivity contribution in [3.63, 3.8) is 0 Å². The number of aromatic nitrogens is 6. The van der Waals surface area contributed by atoms with Crippen LogP contribution in [0.3, 0.4) is 0 Å². The second-order valence-corrected chi connectivity index (χ2v) is 24.9. The molecule has 0 spiro atoms. The van der Waals surface area contributed by atoms with Crippen molar-refractivity contribution in [2.45, 2.75) is 0 Å². The molecule has 14 aromatic rings. The highest BCUT2D eigenvalue weighted by molar-refractivity contribution is 7.19. The van der Waals surface area contributed by atoms with E-state index in [1.54, 1.807) is 0 Å². The van der Waals surface area contributed by atoms with Gasteiger partial charge in [0.2, 0.25) is 11.9 Å². The van der Waals surface area contributed by atoms with E-state index >= 15 is 0 Å². The minimum Gasteiger partial charge on any atom is -0.311 e. The molecule has 14 rings (SSSR count). The van der Waals surface area contributed by atoms with Crippen molar-refractivity contribution in [1.29, 1.82) is 0 Å². The maximum Gasteiger partial charge on any atom is 0.241 e. The Morgan fingerprint density at radius 3 is 0.678 bits per heavy atom. The highest BCUT2D eigenvalue weighted by Gasteiger charge is 2.41. The fraction of sp³-hybridized carbons (Fsp3) is 0. The van der Waals surface area contributed by atoms with Gasteiger partial charge in [0.05, 0.1) is 5.69 Å². The van der Waals surface area contributed by atoms with E-state index in [-0.39, 0.29) is 0 Å². The SMILES string of the molecule is c1ccc(-c2nc(-c3ccccc3)nc(N(c3ccc(-c4ccc([Si](c5ccccc5)(c5ccccc5)c5ccc(-c6ccc(N(c7ccccc7)c7ccccc7)cc6)cc5)cc4)cc3)c3nc(-c4ccccc4)nc(-c4ccccc4)n3)n2)cc1. The lowest BCUT2D eigenvalue weighted by atomic mass is 10.0. The van der Waals surface area contributed by atoms with E-state index in [1.165, 1.54) is 20.7 Å². The summed E-state index contributed by atoms with van der Waals surface area (Å²) in [6.07, 6.45) is 0. The molecule has 0 aliphatic carbocycles. The Labute approximate surface area is 507 Å². The summed E-state index contributed by atoms with van der Waals surface area (Å²) in [5, 5.41) is 5.19. The third-order valence-corrected chi connectivity index (χ3v) is 20.6. The first kappa shape index (κ1) is 53.5. The summed E-state index contributed by atoms with van der Waals surface area (Å²) >= 11 is 0. The lowest BCUT2D eigenvalue weighted by Gasteiger charge is -2.34. The summed E-state index contributed by atoms with van der Waals surface area (Å²) in [6, 6.07) is 119. The summed E-state index contributed by atoms with van der Waals surface area (Å²) in [4.78, 5) is 35.2. The van der Waals surface area contributed by atoms with Gasteiger partial charge >= 0.3 is 0 Å². The van der Waals surface area contributed by atoms with Crippen molar-refractivity contribution in [2.24, 2.45) is 0 Å². The van der Waals surface area contributed by atoms with Gasteiger partial charge < -0.3 is 4.90 Å². The zero-order valence-corrected chi connectivity index (χ0v) is 48.4. The summed E-state index contributed by atoms with van der Waals surface area (Å²) in [5.74, 6) is 2.78. The second kappa shape index (κ2) is 24.4. The van der Waals surface area contributed by atoms with Gasteiger partial charge in [-0.1, -0.05) is 291 Å². The van der Waals surface area contributed by atoms with E-state index in [0.29, 0.717) is 35.2 Å². The van der Waals surface area contributed by atoms with Crippen molar-refractivity contribution >= 4 is 63.5 Å². The molecule has 9 heteroatoms. The molecule has 87 heavy (non-hydrogen) atoms. The molecular weight excluding hydrogens is 1080 g/mol. The molecule has 0 unspecified atom stereocenters. The number of hydrogen-bond donors (Lipinski definition) is 0. The topological polar surface area (TPSA) is 83.8 Å². The van der Waals surface area contributed by atoms with Crippen LogP contribution in [0, 0.1) is 0 Å². The molecule has 0 saturated heterocycles. The molecule has 0 radical (unpaired) electrons. The molecule has 0 atom stereocenters. The van der Waals surface area contributed by atoms with Gasteiger partial charge in [0.25, 0.3) is 0 Å². The number of para-hydroxylation sites is 2. The number of hydrogen-bond acceptors (Lipinski definition) is 8. The molecule has 2 heterocycles. The average Bonchev–Trinajstić information content (AvgIpc) is 3.41. The maximum atomic E-state index is 5.23. The van der Waals surface area contributed by atoms with E-state index in [4.69, 9.17) is 29.9 Å². The van der Waals surface area contributed by atoms with E-state index in [0.717, 1.165) is 67.3 Å². The van der Waals surface area contributed by atoms with E-state index in [1.807, 2.05) is 126 Å². The first-order valence-electron chi connectivity index (χ1n) is 29.1. The molecule has 0 saturated carbocycles. The van der Waals surface area contributed by atoms with Gasteiger partial charge in [-0.15, -0.1) is 0 Å². The van der Waals surface area contributed by atoms with Crippen LogP contribution in [0.2, 0.25) is 0 Å². The predicted molar refractivity (Wildman–Crippen MR) is 359 cm³/mol. The molecule has 0 aliphatic heterocycles. The predicted octanol–water partition coefficient (Wildman–Crippen LogP) is 16.4. The molecule has 0 bridgehead atoms. The average molecular weight is 1130 g/mol. The Bertz CT molecular complexity index is 4230. The normalized spacial score (nSPS) is 11.2. The molecule has 8 nitrogen and oxygen atoms in total. The minimum atomic E-state index is -2.91. The molecule has 2 aromatic heterocycles. The fourth-order valence-corrected chi connectivity index (χ4v) is 16.2. The molecular formula is C78H56N8Si. The van der Waals surface area contributed by atoms with Crippen LogP contribution < -0.4 is 30.5 Å². The van der Waals surface area contributed by atoms with Crippen molar-refractivity contribution in [3.05, 3.63) is 340 Å². The summed E-state index contributed by atoms with van der Waals surface area (Å²) < 4.78 is 0. The van der Waals surface area contributed by atoms with Crippen LogP contribution in [0.5, 0.6) is 0 Å². The third-order valence-electron chi connectivity index (χ3n) is 15.8. The Kier molecular flexibility index (Phi) is 15.0. The Balaban J connectivity index is 0.852. The second-order valence-electron chi connectivity index (χ2n) is 21.1. The number of anilines is 6. The maximum absolute atomic E-state index is 5.23. The molecule has 0 N–H and O–H groups in total. The number of nitrogens with zero attached hydrogens (tertiary/aromatic N) is 8. The molecule has 0 aliphatic rings. The Morgan fingerprint density at radius 2 is 0.391 bits per heavy atom. The van der Waals surface area contributed by atoms with Crippen LogP contribution in [0.4, 0.5) is 34.6 Å². The highest BCUT2D eigenvalue weighted by Crippen LogP contribution is 2.38.